The summed E-state index contributed by atoms with van der Waals surface area (Å²) in [5, 5.41) is 41.7. The third-order valence-corrected chi connectivity index (χ3v) is 6.92. The van der Waals surface area contributed by atoms with E-state index in [1.807, 2.05) is 6.07 Å². The second-order valence-corrected chi connectivity index (χ2v) is 9.13. The maximum absolute atomic E-state index is 11.6. The molecule has 1 aliphatic rings. The molecule has 4 rings (SSSR count). The van der Waals surface area contributed by atoms with Gasteiger partial charge in [0.15, 0.2) is 5.13 Å². The van der Waals surface area contributed by atoms with Crippen molar-refractivity contribution in [2.24, 2.45) is 0 Å². The number of nitrogens with zero attached hydrogens (tertiary/aromatic N) is 5. The predicted molar refractivity (Wildman–Crippen MR) is 125 cm³/mol. The van der Waals surface area contributed by atoms with E-state index in [1.54, 1.807) is 36.7 Å². The minimum atomic E-state index is -1.46. The number of aliphatic hydroxyl groups excluding tert-OH is 2. The van der Waals surface area contributed by atoms with E-state index in [4.69, 9.17) is 26.8 Å². The van der Waals surface area contributed by atoms with Crippen molar-refractivity contribution in [2.45, 2.75) is 36.2 Å². The number of nitrogens with two attached hydrogens (primary N) is 1. The smallest absolute Gasteiger partial charge is 0.180 e. The van der Waals surface area contributed by atoms with Crippen LogP contribution in [-0.4, -0.2) is 67.2 Å². The maximum Gasteiger partial charge on any atom is 0.180 e. The Morgan fingerprint density at radius 3 is 2.85 bits per heavy atom. The number of halogens is 1. The van der Waals surface area contributed by atoms with Crippen LogP contribution >= 0.6 is 35.6 Å². The molecule has 3 heterocycles. The fraction of sp³-hybridized carbons (Fsp3) is 0.400. The summed E-state index contributed by atoms with van der Waals surface area (Å²) in [6.07, 6.45) is -1.62. The molecule has 0 spiro atoms. The van der Waals surface area contributed by atoms with Crippen LogP contribution in [0.2, 0.25) is 5.02 Å². The highest BCUT2D eigenvalue weighted by atomic mass is 35.5. The average Bonchev–Trinajstić information content (AvgIpc) is 3.46. The normalized spacial score (nSPS) is 27.4. The monoisotopic (exact) mass is 508 g/mol. The van der Waals surface area contributed by atoms with E-state index in [0.29, 0.717) is 22.1 Å². The molecule has 4 N–H and O–H groups in total. The SMILES string of the molecule is CCO[C@@H]1[C@H](S)O[C@@H](CO)[C@@H](O)[C@@]1(c1ccc(C#N)c(Cl)c1)n1cc(-c2csc(N)n2)nn1. The van der Waals surface area contributed by atoms with Crippen LogP contribution in [0.1, 0.15) is 18.1 Å². The molecule has 0 aliphatic carbocycles. The molecule has 0 saturated carbocycles. The fourth-order valence-electron chi connectivity index (χ4n) is 4.08. The summed E-state index contributed by atoms with van der Waals surface area (Å²) < 4.78 is 13.2. The maximum atomic E-state index is 11.6. The van der Waals surface area contributed by atoms with Crippen molar-refractivity contribution < 1.29 is 19.7 Å². The second-order valence-electron chi connectivity index (χ2n) is 7.32. The van der Waals surface area contributed by atoms with Crippen molar-refractivity contribution in [3.63, 3.8) is 0 Å². The molecule has 0 amide bonds. The van der Waals surface area contributed by atoms with Gasteiger partial charge in [-0.05, 0) is 24.6 Å². The highest BCUT2D eigenvalue weighted by molar-refractivity contribution is 7.80. The van der Waals surface area contributed by atoms with Crippen molar-refractivity contribution in [2.75, 3.05) is 18.9 Å². The lowest BCUT2D eigenvalue weighted by Crippen LogP contribution is -2.68. The molecule has 1 saturated heterocycles. The molecule has 5 atom stereocenters. The van der Waals surface area contributed by atoms with Crippen molar-refractivity contribution >= 4 is 40.7 Å². The number of rotatable bonds is 6. The van der Waals surface area contributed by atoms with Gasteiger partial charge in [-0.3, -0.25) is 0 Å². The molecule has 10 nitrogen and oxygen atoms in total. The number of benzene rings is 1. The minimum absolute atomic E-state index is 0.187. The van der Waals surface area contributed by atoms with E-state index in [-0.39, 0.29) is 17.2 Å². The van der Waals surface area contributed by atoms with Crippen LogP contribution in [0, 0.1) is 11.3 Å². The Morgan fingerprint density at radius 1 is 1.45 bits per heavy atom. The van der Waals surface area contributed by atoms with E-state index in [2.05, 4.69) is 27.9 Å². The van der Waals surface area contributed by atoms with E-state index >= 15 is 0 Å². The number of nitrogen functional groups attached to an aromatic ring is 1. The number of aromatic nitrogens is 4. The van der Waals surface area contributed by atoms with Gasteiger partial charge in [0.25, 0.3) is 0 Å². The summed E-state index contributed by atoms with van der Waals surface area (Å²) in [6, 6.07) is 6.79. The number of anilines is 1. The van der Waals surface area contributed by atoms with Crippen LogP contribution in [0.4, 0.5) is 5.13 Å². The zero-order chi connectivity index (χ0) is 23.8. The van der Waals surface area contributed by atoms with Gasteiger partial charge in [-0.25, -0.2) is 9.67 Å². The Kier molecular flexibility index (Phi) is 6.92. The molecule has 1 fully saturated rings. The highest BCUT2D eigenvalue weighted by Gasteiger charge is 2.59. The van der Waals surface area contributed by atoms with E-state index in [1.165, 1.54) is 16.0 Å². The van der Waals surface area contributed by atoms with Gasteiger partial charge in [-0.2, -0.15) is 5.26 Å². The Balaban J connectivity index is 1.98. The number of ether oxygens (including phenoxy) is 2. The Morgan fingerprint density at radius 2 is 2.24 bits per heavy atom. The largest absolute Gasteiger partial charge is 0.394 e. The molecular formula is C20H21ClN6O4S2. The van der Waals surface area contributed by atoms with Gasteiger partial charge in [-0.1, -0.05) is 22.9 Å². The quantitative estimate of drug-likeness (QED) is 0.364. The van der Waals surface area contributed by atoms with Gasteiger partial charge >= 0.3 is 0 Å². The summed E-state index contributed by atoms with van der Waals surface area (Å²) in [5.74, 6) is 0. The summed E-state index contributed by atoms with van der Waals surface area (Å²) >= 11 is 12.2. The molecule has 1 aromatic carbocycles. The van der Waals surface area contributed by atoms with Gasteiger partial charge in [0.05, 0.1) is 23.4 Å². The number of hydrogen-bond donors (Lipinski definition) is 4. The zero-order valence-corrected chi connectivity index (χ0v) is 19.8. The molecule has 1 aliphatic heterocycles. The van der Waals surface area contributed by atoms with Gasteiger partial charge < -0.3 is 25.4 Å². The van der Waals surface area contributed by atoms with Crippen LogP contribution in [0.15, 0.2) is 29.8 Å². The van der Waals surface area contributed by atoms with Crippen molar-refractivity contribution in [1.29, 1.82) is 5.26 Å². The molecule has 0 bridgehead atoms. The Hall–Kier alpha value is -2.24. The molecular weight excluding hydrogens is 488 g/mol. The van der Waals surface area contributed by atoms with Gasteiger partial charge in [0.1, 0.15) is 46.7 Å². The fourth-order valence-corrected chi connectivity index (χ4v) is 5.33. The van der Waals surface area contributed by atoms with Crippen LogP contribution < -0.4 is 5.73 Å². The molecule has 13 heteroatoms. The lowest BCUT2D eigenvalue weighted by molar-refractivity contribution is -0.218. The van der Waals surface area contributed by atoms with E-state index in [0.717, 1.165) is 0 Å². The first-order valence-electron chi connectivity index (χ1n) is 9.95. The predicted octanol–water partition coefficient (Wildman–Crippen LogP) is 1.67. The lowest BCUT2D eigenvalue weighted by atomic mass is 9.75. The molecule has 0 radical (unpaired) electrons. The lowest BCUT2D eigenvalue weighted by Gasteiger charge is -2.51. The van der Waals surface area contributed by atoms with Crippen molar-refractivity contribution in [3.8, 4) is 17.5 Å². The summed E-state index contributed by atoms with van der Waals surface area (Å²) in [6.45, 7) is 1.59. The molecule has 3 aromatic rings. The second kappa shape index (κ2) is 9.55. The number of thiazole rings is 1. The Labute approximate surface area is 203 Å². The minimum Gasteiger partial charge on any atom is -0.394 e. The van der Waals surface area contributed by atoms with E-state index in [9.17, 15) is 15.5 Å². The van der Waals surface area contributed by atoms with Crippen LogP contribution in [0.5, 0.6) is 0 Å². The number of aliphatic hydroxyl groups is 2. The third-order valence-electron chi connectivity index (χ3n) is 5.55. The molecule has 0 unspecified atom stereocenters. The Bertz CT molecular complexity index is 1180. The molecule has 2 aromatic heterocycles. The third kappa shape index (κ3) is 4.00. The first-order chi connectivity index (χ1) is 15.9. The van der Waals surface area contributed by atoms with Gasteiger partial charge in [0, 0.05) is 12.0 Å². The van der Waals surface area contributed by atoms with Crippen LogP contribution in [0.25, 0.3) is 11.4 Å². The molecule has 174 valence electrons. The van der Waals surface area contributed by atoms with Gasteiger partial charge in [0.2, 0.25) is 0 Å². The standard InChI is InChI=1S/C20H21ClN6O4S2/c1-2-30-17-18(32)31-15(8-28)16(29)20(17,11-4-3-10(6-22)12(21)5-11)27-7-13(25-26-27)14-9-33-19(23)24-14/h3-5,7,9,15-18,28-29,32H,2,8H2,1H3,(H2,23,24)/t15-,16+,17+,18-,20+/m0/s1. The topological polar surface area (TPSA) is 152 Å². The first-order valence-corrected chi connectivity index (χ1v) is 11.7. The number of thiol groups is 1. The highest BCUT2D eigenvalue weighted by Crippen LogP contribution is 2.45. The average molecular weight is 509 g/mol. The molecule has 33 heavy (non-hydrogen) atoms. The summed E-state index contributed by atoms with van der Waals surface area (Å²) in [4.78, 5) is 4.24. The van der Waals surface area contributed by atoms with Crippen molar-refractivity contribution in [1.82, 2.24) is 20.0 Å². The number of nitriles is 1. The van der Waals surface area contributed by atoms with Crippen LogP contribution in [-0.2, 0) is 15.0 Å². The van der Waals surface area contributed by atoms with Crippen LogP contribution in [0.3, 0.4) is 0 Å². The number of hydrogen-bond acceptors (Lipinski definition) is 11. The van der Waals surface area contributed by atoms with E-state index < -0.39 is 35.9 Å². The van der Waals surface area contributed by atoms with Gasteiger partial charge in [-0.15, -0.1) is 29.1 Å². The summed E-state index contributed by atoms with van der Waals surface area (Å²) in [7, 11) is 0. The summed E-state index contributed by atoms with van der Waals surface area (Å²) in [5.41, 5.74) is 5.15. The first kappa shape index (κ1) is 23.9. The van der Waals surface area contributed by atoms with Crippen molar-refractivity contribution in [3.05, 3.63) is 45.9 Å². The zero-order valence-electron chi connectivity index (χ0n) is 17.4.